The van der Waals surface area contributed by atoms with Crippen LogP contribution in [0.4, 0.5) is 5.95 Å². The first-order valence-corrected chi connectivity index (χ1v) is 6.99. The summed E-state index contributed by atoms with van der Waals surface area (Å²) in [6, 6.07) is 1.70. The van der Waals surface area contributed by atoms with Gasteiger partial charge in [0, 0.05) is 12.7 Å². The van der Waals surface area contributed by atoms with Crippen LogP contribution in [-0.4, -0.2) is 26.4 Å². The van der Waals surface area contributed by atoms with E-state index in [0.29, 0.717) is 10.8 Å². The number of hydrogen-bond acceptors (Lipinski definition) is 5. The fraction of sp³-hybridized carbons (Fsp3) is 0.462. The van der Waals surface area contributed by atoms with Gasteiger partial charge in [-0.1, -0.05) is 11.6 Å². The molecule has 6 nitrogen and oxygen atoms in total. The van der Waals surface area contributed by atoms with Crippen molar-refractivity contribution >= 4 is 17.5 Å². The standard InChI is InChI=1S/C13H16ClN5O/c1-8-7-16-19(11-4-2-3-5-20-11)12(8)9-6-10(14)18-13(15)17-9/h6-7,11H,2-5H2,1H3,(H2,15,17,18). The lowest BCUT2D eigenvalue weighted by atomic mass is 10.1. The number of ether oxygens (including phenoxy) is 1. The molecule has 20 heavy (non-hydrogen) atoms. The molecule has 3 rings (SSSR count). The third-order valence-electron chi connectivity index (χ3n) is 3.36. The zero-order chi connectivity index (χ0) is 14.1. The van der Waals surface area contributed by atoms with E-state index in [1.807, 2.05) is 11.6 Å². The van der Waals surface area contributed by atoms with Crippen LogP contribution in [0.3, 0.4) is 0 Å². The molecule has 2 N–H and O–H groups in total. The number of nitrogens with zero attached hydrogens (tertiary/aromatic N) is 4. The van der Waals surface area contributed by atoms with Crippen LogP contribution in [0.5, 0.6) is 0 Å². The lowest BCUT2D eigenvalue weighted by molar-refractivity contribution is -0.0384. The van der Waals surface area contributed by atoms with Crippen LogP contribution in [0.1, 0.15) is 31.1 Å². The Morgan fingerprint density at radius 1 is 1.40 bits per heavy atom. The first-order valence-electron chi connectivity index (χ1n) is 6.61. The molecule has 1 fully saturated rings. The Hall–Kier alpha value is -1.66. The first-order chi connectivity index (χ1) is 9.65. The van der Waals surface area contributed by atoms with Gasteiger partial charge in [-0.3, -0.25) is 0 Å². The SMILES string of the molecule is Cc1cnn(C2CCCCO2)c1-c1cc(Cl)nc(N)n1. The van der Waals surface area contributed by atoms with Crippen molar-refractivity contribution in [2.45, 2.75) is 32.4 Å². The van der Waals surface area contributed by atoms with Gasteiger partial charge in [0.2, 0.25) is 5.95 Å². The van der Waals surface area contributed by atoms with Gasteiger partial charge in [-0.15, -0.1) is 0 Å². The number of anilines is 1. The number of aromatic nitrogens is 4. The zero-order valence-electron chi connectivity index (χ0n) is 11.2. The molecular weight excluding hydrogens is 278 g/mol. The van der Waals surface area contributed by atoms with E-state index in [-0.39, 0.29) is 12.2 Å². The highest BCUT2D eigenvalue weighted by atomic mass is 35.5. The van der Waals surface area contributed by atoms with E-state index < -0.39 is 0 Å². The average Bonchev–Trinajstić information content (AvgIpc) is 2.80. The topological polar surface area (TPSA) is 78.8 Å². The van der Waals surface area contributed by atoms with Gasteiger partial charge in [0.05, 0.1) is 17.6 Å². The summed E-state index contributed by atoms with van der Waals surface area (Å²) in [6.45, 7) is 2.74. The van der Waals surface area contributed by atoms with Crippen molar-refractivity contribution in [3.8, 4) is 11.4 Å². The molecular formula is C13H16ClN5O. The van der Waals surface area contributed by atoms with Crippen LogP contribution in [0.15, 0.2) is 12.3 Å². The van der Waals surface area contributed by atoms with Crippen molar-refractivity contribution in [1.82, 2.24) is 19.7 Å². The average molecular weight is 294 g/mol. The van der Waals surface area contributed by atoms with Crippen molar-refractivity contribution < 1.29 is 4.74 Å². The van der Waals surface area contributed by atoms with E-state index in [1.54, 1.807) is 12.3 Å². The molecule has 0 aliphatic carbocycles. The summed E-state index contributed by atoms with van der Waals surface area (Å²) in [7, 11) is 0. The third kappa shape index (κ3) is 2.48. The highest BCUT2D eigenvalue weighted by Gasteiger charge is 2.22. The summed E-state index contributed by atoms with van der Waals surface area (Å²) in [4.78, 5) is 8.15. The number of rotatable bonds is 2. The predicted octanol–water partition coefficient (Wildman–Crippen LogP) is 2.58. The van der Waals surface area contributed by atoms with Crippen molar-refractivity contribution in [3.05, 3.63) is 23.0 Å². The van der Waals surface area contributed by atoms with Crippen LogP contribution in [0, 0.1) is 6.92 Å². The van der Waals surface area contributed by atoms with E-state index in [0.717, 1.165) is 37.1 Å². The summed E-state index contributed by atoms with van der Waals surface area (Å²) in [6.07, 6.45) is 4.93. The fourth-order valence-electron chi connectivity index (χ4n) is 2.46. The number of nitrogen functional groups attached to an aromatic ring is 1. The van der Waals surface area contributed by atoms with E-state index in [2.05, 4.69) is 15.1 Å². The van der Waals surface area contributed by atoms with Gasteiger partial charge in [-0.2, -0.15) is 5.10 Å². The summed E-state index contributed by atoms with van der Waals surface area (Å²) < 4.78 is 7.66. The molecule has 1 saturated heterocycles. The largest absolute Gasteiger partial charge is 0.368 e. The number of halogens is 1. The van der Waals surface area contributed by atoms with Gasteiger partial charge in [-0.05, 0) is 31.7 Å². The predicted molar refractivity (Wildman–Crippen MR) is 76.3 cm³/mol. The fourth-order valence-corrected chi connectivity index (χ4v) is 2.65. The monoisotopic (exact) mass is 293 g/mol. The molecule has 0 aromatic carbocycles. The molecule has 7 heteroatoms. The molecule has 1 aliphatic rings. The molecule has 2 aromatic rings. The molecule has 0 saturated carbocycles. The second-order valence-corrected chi connectivity index (χ2v) is 5.26. The van der Waals surface area contributed by atoms with E-state index in [9.17, 15) is 0 Å². The van der Waals surface area contributed by atoms with Gasteiger partial charge in [-0.25, -0.2) is 14.6 Å². The maximum atomic E-state index is 5.97. The Morgan fingerprint density at radius 2 is 2.25 bits per heavy atom. The number of nitrogens with two attached hydrogens (primary N) is 1. The molecule has 1 aliphatic heterocycles. The highest BCUT2D eigenvalue weighted by molar-refractivity contribution is 6.29. The molecule has 0 spiro atoms. The van der Waals surface area contributed by atoms with Gasteiger partial charge in [0.1, 0.15) is 5.15 Å². The number of aryl methyl sites for hydroxylation is 1. The zero-order valence-corrected chi connectivity index (χ0v) is 12.0. The Morgan fingerprint density at radius 3 is 2.95 bits per heavy atom. The molecule has 0 bridgehead atoms. The van der Waals surface area contributed by atoms with Crippen LogP contribution in [0.25, 0.3) is 11.4 Å². The Balaban J connectivity index is 2.06. The molecule has 0 amide bonds. The Bertz CT molecular complexity index is 601. The summed E-state index contributed by atoms with van der Waals surface area (Å²) in [5.74, 6) is 0.157. The molecule has 2 aromatic heterocycles. The minimum atomic E-state index is -0.0533. The second-order valence-electron chi connectivity index (χ2n) is 4.88. The molecule has 1 unspecified atom stereocenters. The summed E-state index contributed by atoms with van der Waals surface area (Å²) >= 11 is 5.97. The summed E-state index contributed by atoms with van der Waals surface area (Å²) in [5, 5.41) is 4.75. The lowest BCUT2D eigenvalue weighted by Crippen LogP contribution is -2.20. The third-order valence-corrected chi connectivity index (χ3v) is 3.56. The quantitative estimate of drug-likeness (QED) is 0.861. The van der Waals surface area contributed by atoms with E-state index in [4.69, 9.17) is 22.1 Å². The normalized spacial score (nSPS) is 19.2. The summed E-state index contributed by atoms with van der Waals surface area (Å²) in [5.41, 5.74) is 8.24. The molecule has 1 atom stereocenters. The van der Waals surface area contributed by atoms with Gasteiger partial charge in [0.15, 0.2) is 6.23 Å². The minimum absolute atomic E-state index is 0.0533. The molecule has 3 heterocycles. The van der Waals surface area contributed by atoms with Gasteiger partial charge < -0.3 is 10.5 Å². The first kappa shape index (κ1) is 13.3. The maximum Gasteiger partial charge on any atom is 0.222 e. The van der Waals surface area contributed by atoms with E-state index in [1.165, 1.54) is 0 Å². The Labute approximate surface area is 121 Å². The van der Waals surface area contributed by atoms with Crippen molar-refractivity contribution in [3.63, 3.8) is 0 Å². The lowest BCUT2D eigenvalue weighted by Gasteiger charge is -2.24. The van der Waals surface area contributed by atoms with E-state index >= 15 is 0 Å². The highest BCUT2D eigenvalue weighted by Crippen LogP contribution is 2.30. The van der Waals surface area contributed by atoms with Gasteiger partial charge >= 0.3 is 0 Å². The Kier molecular flexibility index (Phi) is 3.58. The van der Waals surface area contributed by atoms with Crippen LogP contribution in [-0.2, 0) is 4.74 Å². The van der Waals surface area contributed by atoms with Crippen molar-refractivity contribution in [1.29, 1.82) is 0 Å². The smallest absolute Gasteiger partial charge is 0.222 e. The van der Waals surface area contributed by atoms with Crippen LogP contribution in [0.2, 0.25) is 5.15 Å². The van der Waals surface area contributed by atoms with Crippen LogP contribution < -0.4 is 5.73 Å². The van der Waals surface area contributed by atoms with Crippen molar-refractivity contribution in [2.75, 3.05) is 12.3 Å². The van der Waals surface area contributed by atoms with Gasteiger partial charge in [0.25, 0.3) is 0 Å². The minimum Gasteiger partial charge on any atom is -0.368 e. The number of hydrogen-bond donors (Lipinski definition) is 1. The maximum absolute atomic E-state index is 5.97. The second kappa shape index (κ2) is 5.38. The van der Waals surface area contributed by atoms with Crippen molar-refractivity contribution in [2.24, 2.45) is 0 Å². The van der Waals surface area contributed by atoms with Crippen LogP contribution >= 0.6 is 11.6 Å². The molecule has 0 radical (unpaired) electrons. The molecule has 106 valence electrons.